The van der Waals surface area contributed by atoms with Gasteiger partial charge in [0.1, 0.15) is 0 Å². The van der Waals surface area contributed by atoms with Crippen LogP contribution in [0, 0.1) is 0 Å². The molecule has 0 fully saturated rings. The topological polar surface area (TPSA) is 117 Å². The third-order valence-electron chi connectivity index (χ3n) is 6.74. The van der Waals surface area contributed by atoms with Crippen LogP contribution in [-0.2, 0) is 9.53 Å². The first-order valence-corrected chi connectivity index (χ1v) is 14.0. The maximum Gasteiger partial charge on any atom is 0.336 e. The summed E-state index contributed by atoms with van der Waals surface area (Å²) in [6.45, 7) is -0.284. The van der Waals surface area contributed by atoms with Crippen molar-refractivity contribution in [2.75, 3.05) is 19.0 Å². The van der Waals surface area contributed by atoms with Crippen molar-refractivity contribution in [1.29, 1.82) is 0 Å². The molecule has 3 amide bonds. The highest BCUT2D eigenvalue weighted by Gasteiger charge is 2.20. The predicted molar refractivity (Wildman–Crippen MR) is 160 cm³/mol. The summed E-state index contributed by atoms with van der Waals surface area (Å²) in [5, 5.41) is 18.8. The fourth-order valence-corrected chi connectivity index (χ4v) is 5.14. The lowest BCUT2D eigenvalue weighted by Gasteiger charge is -2.22. The van der Waals surface area contributed by atoms with Crippen LogP contribution in [0.4, 0.5) is 10.5 Å². The number of urea groups is 1. The van der Waals surface area contributed by atoms with Crippen molar-refractivity contribution in [3.63, 3.8) is 0 Å². The van der Waals surface area contributed by atoms with Crippen molar-refractivity contribution in [1.82, 2.24) is 10.6 Å². The van der Waals surface area contributed by atoms with Gasteiger partial charge in [0.25, 0.3) is 5.91 Å². The zero-order valence-corrected chi connectivity index (χ0v) is 24.0. The third kappa shape index (κ3) is 8.33. The number of carbonyl (C=O) groups excluding carboxylic acids is 3. The summed E-state index contributed by atoms with van der Waals surface area (Å²) in [6.07, 6.45) is 5.33. The molecule has 0 heterocycles. The fraction of sp³-hybridized carbons (Fsp3) is 0.258. The molecule has 1 aliphatic carbocycles. The van der Waals surface area contributed by atoms with Gasteiger partial charge in [-0.1, -0.05) is 65.7 Å². The third-order valence-corrected chi connectivity index (χ3v) is 7.17. The van der Waals surface area contributed by atoms with Crippen LogP contribution in [0.3, 0.4) is 0 Å². The second-order valence-corrected chi connectivity index (χ2v) is 10.5. The van der Waals surface area contributed by atoms with Crippen LogP contribution in [-0.4, -0.2) is 42.8 Å². The maximum atomic E-state index is 13.1. The summed E-state index contributed by atoms with van der Waals surface area (Å²) in [4.78, 5) is 37.0. The molecule has 2 atom stereocenters. The zero-order chi connectivity index (χ0) is 29.4. The van der Waals surface area contributed by atoms with Gasteiger partial charge in [-0.05, 0) is 78.3 Å². The molecule has 4 N–H and O–H groups in total. The number of amides is 3. The summed E-state index contributed by atoms with van der Waals surface area (Å²) in [5.41, 5.74) is 4.84. The Kier molecular flexibility index (Phi) is 10.4. The van der Waals surface area contributed by atoms with Gasteiger partial charge >= 0.3 is 12.0 Å². The molecule has 0 saturated heterocycles. The Balaban J connectivity index is 1.54. The number of benzene rings is 3. The normalized spacial score (nSPS) is 14.3. The van der Waals surface area contributed by atoms with E-state index < -0.39 is 30.1 Å². The lowest BCUT2D eigenvalue weighted by atomic mass is 9.91. The minimum Gasteiger partial charge on any atom is -0.467 e. The van der Waals surface area contributed by atoms with E-state index in [0.717, 1.165) is 36.6 Å². The smallest absolute Gasteiger partial charge is 0.336 e. The van der Waals surface area contributed by atoms with Gasteiger partial charge < -0.3 is 25.8 Å². The van der Waals surface area contributed by atoms with Gasteiger partial charge in [0.05, 0.1) is 19.7 Å². The van der Waals surface area contributed by atoms with Gasteiger partial charge in [0.2, 0.25) is 0 Å². The number of aliphatic hydroxyl groups is 1. The van der Waals surface area contributed by atoms with Gasteiger partial charge in [-0.3, -0.25) is 4.79 Å². The molecule has 3 aromatic carbocycles. The van der Waals surface area contributed by atoms with Gasteiger partial charge in [-0.2, -0.15) is 0 Å². The van der Waals surface area contributed by atoms with Crippen molar-refractivity contribution in [3.05, 3.63) is 105 Å². The molecule has 10 heteroatoms. The number of esters is 1. The number of carbonyl (C=O) groups is 3. The summed E-state index contributed by atoms with van der Waals surface area (Å²) >= 11 is 12.2. The number of hydrogen-bond donors (Lipinski definition) is 4. The molecule has 214 valence electrons. The average molecular weight is 597 g/mol. The number of methoxy groups -OCH3 is 1. The van der Waals surface area contributed by atoms with E-state index in [4.69, 9.17) is 23.2 Å². The van der Waals surface area contributed by atoms with E-state index in [9.17, 15) is 19.5 Å². The number of anilines is 1. The second kappa shape index (κ2) is 14.2. The summed E-state index contributed by atoms with van der Waals surface area (Å²) < 4.78 is 4.46. The van der Waals surface area contributed by atoms with Crippen LogP contribution >= 0.6 is 23.2 Å². The minimum absolute atomic E-state index is 0.284. The molecule has 0 bridgehead atoms. The van der Waals surface area contributed by atoms with E-state index in [1.165, 1.54) is 18.4 Å². The van der Waals surface area contributed by atoms with Crippen LogP contribution in [0.2, 0.25) is 10.0 Å². The van der Waals surface area contributed by atoms with Crippen LogP contribution in [0.1, 0.15) is 58.8 Å². The minimum atomic E-state index is -1.46. The maximum absolute atomic E-state index is 13.1. The first-order valence-electron chi connectivity index (χ1n) is 13.2. The van der Waals surface area contributed by atoms with Crippen LogP contribution in [0.5, 0.6) is 0 Å². The summed E-state index contributed by atoms with van der Waals surface area (Å²) in [6, 6.07) is 18.6. The van der Waals surface area contributed by atoms with E-state index >= 15 is 0 Å². The molecular weight excluding hydrogens is 565 g/mol. The van der Waals surface area contributed by atoms with Crippen molar-refractivity contribution in [2.24, 2.45) is 0 Å². The van der Waals surface area contributed by atoms with Gasteiger partial charge in [0, 0.05) is 21.3 Å². The van der Waals surface area contributed by atoms with Crippen molar-refractivity contribution in [3.8, 4) is 0 Å². The quantitative estimate of drug-likeness (QED) is 0.222. The molecule has 4 rings (SSSR count). The standard InChI is InChI=1S/C31H31Cl2N3O5/c1-41-30(39)27(37)18-34-29(38)23-13-11-22(12-14-23)28(36-31(40)35-26-16-24(32)15-25(33)17-26)21-9-7-20(8-10-21)19-5-3-2-4-6-19/h5,7-17,27-28,37H,2-4,6,18H2,1H3,(H,34,38)(H2,35,36,40)/t27-,28?/m1/s1. The van der Waals surface area contributed by atoms with Crippen molar-refractivity contribution < 1.29 is 24.2 Å². The van der Waals surface area contributed by atoms with E-state index in [1.54, 1.807) is 42.5 Å². The number of allylic oxidation sites excluding steroid dienone is 2. The number of hydrogen-bond acceptors (Lipinski definition) is 5. The van der Waals surface area contributed by atoms with Gasteiger partial charge in [-0.25, -0.2) is 9.59 Å². The Morgan fingerprint density at radius 3 is 2.15 bits per heavy atom. The summed E-state index contributed by atoms with van der Waals surface area (Å²) in [5.74, 6) is -1.30. The van der Waals surface area contributed by atoms with E-state index in [-0.39, 0.29) is 6.54 Å². The fourth-order valence-electron chi connectivity index (χ4n) is 4.61. The predicted octanol–water partition coefficient (Wildman–Crippen LogP) is 6.13. The van der Waals surface area contributed by atoms with Crippen LogP contribution < -0.4 is 16.0 Å². The van der Waals surface area contributed by atoms with E-state index in [1.807, 2.05) is 12.1 Å². The SMILES string of the molecule is COC(=O)[C@H](O)CNC(=O)c1ccc(C(NC(=O)Nc2cc(Cl)cc(Cl)c2)c2ccc(C3=CCCCC3)cc2)cc1. The molecule has 0 aromatic heterocycles. The van der Waals surface area contributed by atoms with Gasteiger partial charge in [0.15, 0.2) is 6.10 Å². The highest BCUT2D eigenvalue weighted by atomic mass is 35.5. The van der Waals surface area contributed by atoms with E-state index in [0.29, 0.717) is 21.3 Å². The first kappa shape index (κ1) is 30.1. The van der Waals surface area contributed by atoms with Crippen LogP contribution in [0.15, 0.2) is 72.8 Å². The molecule has 41 heavy (non-hydrogen) atoms. The molecule has 1 aliphatic rings. The first-order chi connectivity index (χ1) is 19.7. The molecule has 0 saturated carbocycles. The highest BCUT2D eigenvalue weighted by Crippen LogP contribution is 2.30. The molecule has 1 unspecified atom stereocenters. The largest absolute Gasteiger partial charge is 0.467 e. The van der Waals surface area contributed by atoms with E-state index in [2.05, 4.69) is 38.9 Å². The zero-order valence-electron chi connectivity index (χ0n) is 22.5. The Labute approximate surface area is 248 Å². The monoisotopic (exact) mass is 595 g/mol. The Morgan fingerprint density at radius 2 is 1.56 bits per heavy atom. The Morgan fingerprint density at radius 1 is 0.927 bits per heavy atom. The Hall–Kier alpha value is -3.85. The molecule has 0 spiro atoms. The summed E-state index contributed by atoms with van der Waals surface area (Å²) in [7, 11) is 1.15. The lowest BCUT2D eigenvalue weighted by molar-refractivity contribution is -0.149. The Bertz CT molecular complexity index is 1400. The average Bonchev–Trinajstić information content (AvgIpc) is 2.98. The van der Waals surface area contributed by atoms with Crippen molar-refractivity contribution in [2.45, 2.75) is 37.8 Å². The molecule has 8 nitrogen and oxygen atoms in total. The molecule has 0 radical (unpaired) electrons. The molecule has 3 aromatic rings. The highest BCUT2D eigenvalue weighted by molar-refractivity contribution is 6.35. The second-order valence-electron chi connectivity index (χ2n) is 9.66. The lowest BCUT2D eigenvalue weighted by Crippen LogP contribution is -2.37. The van der Waals surface area contributed by atoms with Crippen molar-refractivity contribution >= 4 is 52.4 Å². The number of nitrogens with one attached hydrogen (secondary N) is 3. The number of halogens is 2. The molecule has 0 aliphatic heterocycles. The number of rotatable bonds is 9. The number of aliphatic hydroxyl groups excluding tert-OH is 1. The molecular formula is C31H31Cl2N3O5. The van der Waals surface area contributed by atoms with Gasteiger partial charge in [-0.15, -0.1) is 0 Å². The number of ether oxygens (including phenoxy) is 1. The van der Waals surface area contributed by atoms with Crippen LogP contribution in [0.25, 0.3) is 5.57 Å².